The summed E-state index contributed by atoms with van der Waals surface area (Å²) in [4.78, 5) is 0. The molecule has 53 valence electrons. The Morgan fingerprint density at radius 1 is 1.33 bits per heavy atom. The van der Waals surface area contributed by atoms with Crippen molar-refractivity contribution in [3.8, 4) is 0 Å². The molecule has 9 heavy (non-hydrogen) atoms. The van der Waals surface area contributed by atoms with Crippen LogP contribution < -0.4 is 0 Å². The van der Waals surface area contributed by atoms with Gasteiger partial charge in [0.25, 0.3) is 0 Å². The van der Waals surface area contributed by atoms with E-state index in [1.807, 2.05) is 0 Å². The van der Waals surface area contributed by atoms with Crippen LogP contribution >= 0.6 is 0 Å². The lowest BCUT2D eigenvalue weighted by molar-refractivity contribution is 0.789. The largest absolute Gasteiger partial charge is 0.0882 e. The minimum Gasteiger partial charge on any atom is -0.0882 e. The highest BCUT2D eigenvalue weighted by Crippen LogP contribution is 2.08. The second kappa shape index (κ2) is 5.87. The maximum atomic E-state index is 2.23. The standard InChI is InChI=1S/C9H17/c1-4-7-8-9(5-2)6-3/h5-6H,4,7-8H2,1-3H3/b9-5+. The van der Waals surface area contributed by atoms with Crippen LogP contribution in [0.25, 0.3) is 0 Å². The van der Waals surface area contributed by atoms with Crippen LogP contribution in [-0.4, -0.2) is 0 Å². The van der Waals surface area contributed by atoms with Gasteiger partial charge in [-0.05, 0) is 26.2 Å². The van der Waals surface area contributed by atoms with Crippen LogP contribution in [0.5, 0.6) is 0 Å². The average Bonchev–Trinajstić information content (AvgIpc) is 1.91. The maximum Gasteiger partial charge on any atom is -0.0169 e. The van der Waals surface area contributed by atoms with Crippen molar-refractivity contribution in [1.29, 1.82) is 0 Å². The van der Waals surface area contributed by atoms with Gasteiger partial charge in [-0.2, -0.15) is 0 Å². The van der Waals surface area contributed by atoms with E-state index in [1.54, 1.807) is 0 Å². The molecule has 0 aromatic carbocycles. The average molecular weight is 125 g/mol. The smallest absolute Gasteiger partial charge is 0.0169 e. The summed E-state index contributed by atoms with van der Waals surface area (Å²) in [7, 11) is 0. The van der Waals surface area contributed by atoms with Gasteiger partial charge < -0.3 is 0 Å². The SMILES string of the molecule is C[CH]/C(=C\C)CCCC. The van der Waals surface area contributed by atoms with Crippen LogP contribution in [0.15, 0.2) is 11.6 Å². The molecule has 0 aliphatic rings. The Morgan fingerprint density at radius 3 is 2.33 bits per heavy atom. The Morgan fingerprint density at radius 2 is 2.00 bits per heavy atom. The normalized spacial score (nSPS) is 12.1. The first-order chi connectivity index (χ1) is 4.35. The van der Waals surface area contributed by atoms with E-state index in [-0.39, 0.29) is 0 Å². The first-order valence-electron chi connectivity index (χ1n) is 3.79. The molecule has 0 rings (SSSR count). The predicted octanol–water partition coefficient (Wildman–Crippen LogP) is 3.35. The maximum absolute atomic E-state index is 2.23. The molecule has 0 heterocycles. The molecule has 0 fully saturated rings. The molecular weight excluding hydrogens is 108 g/mol. The van der Waals surface area contributed by atoms with Crippen molar-refractivity contribution < 1.29 is 0 Å². The highest BCUT2D eigenvalue weighted by Gasteiger charge is 1.89. The van der Waals surface area contributed by atoms with Crippen LogP contribution in [0.2, 0.25) is 0 Å². The monoisotopic (exact) mass is 125 g/mol. The fourth-order valence-corrected chi connectivity index (χ4v) is 0.836. The van der Waals surface area contributed by atoms with Crippen LogP contribution in [-0.2, 0) is 0 Å². The Hall–Kier alpha value is -0.260. The highest BCUT2D eigenvalue weighted by atomic mass is 14.0. The van der Waals surface area contributed by atoms with Gasteiger partial charge in [-0.25, -0.2) is 0 Å². The molecule has 0 saturated heterocycles. The van der Waals surface area contributed by atoms with Crippen molar-refractivity contribution in [3.05, 3.63) is 18.1 Å². The van der Waals surface area contributed by atoms with E-state index in [0.717, 1.165) is 0 Å². The van der Waals surface area contributed by atoms with Crippen molar-refractivity contribution >= 4 is 0 Å². The van der Waals surface area contributed by atoms with Crippen molar-refractivity contribution in [3.63, 3.8) is 0 Å². The van der Waals surface area contributed by atoms with Gasteiger partial charge >= 0.3 is 0 Å². The molecule has 0 aliphatic heterocycles. The van der Waals surface area contributed by atoms with E-state index in [0.29, 0.717) is 0 Å². The summed E-state index contributed by atoms with van der Waals surface area (Å²) in [5, 5.41) is 0. The Kier molecular flexibility index (Phi) is 5.70. The molecule has 0 aromatic heterocycles. The number of unbranched alkanes of at least 4 members (excludes halogenated alkanes) is 1. The fraction of sp³-hybridized carbons (Fsp3) is 0.667. The van der Waals surface area contributed by atoms with E-state index in [4.69, 9.17) is 0 Å². The van der Waals surface area contributed by atoms with Gasteiger partial charge in [0, 0.05) is 0 Å². The molecule has 0 heteroatoms. The number of allylic oxidation sites excluding steroid dienone is 2. The molecule has 0 aliphatic carbocycles. The Balaban J connectivity index is 3.33. The quantitative estimate of drug-likeness (QED) is 0.540. The molecule has 0 unspecified atom stereocenters. The Labute approximate surface area is 59.0 Å². The fourth-order valence-electron chi connectivity index (χ4n) is 0.836. The summed E-state index contributed by atoms with van der Waals surface area (Å²) in [6.07, 6.45) is 8.25. The Bertz CT molecular complexity index is 80.0. The zero-order valence-corrected chi connectivity index (χ0v) is 6.78. The molecule has 0 aromatic rings. The number of rotatable bonds is 4. The summed E-state index contributed by atoms with van der Waals surface area (Å²) < 4.78 is 0. The molecule has 1 radical (unpaired) electrons. The first-order valence-corrected chi connectivity index (χ1v) is 3.79. The third kappa shape index (κ3) is 4.26. The third-order valence-corrected chi connectivity index (χ3v) is 1.56. The van der Waals surface area contributed by atoms with Gasteiger partial charge in [0.2, 0.25) is 0 Å². The van der Waals surface area contributed by atoms with E-state index < -0.39 is 0 Å². The van der Waals surface area contributed by atoms with Crippen molar-refractivity contribution in [2.75, 3.05) is 0 Å². The van der Waals surface area contributed by atoms with Gasteiger partial charge in [0.15, 0.2) is 0 Å². The lowest BCUT2D eigenvalue weighted by atomic mass is 10.1. The van der Waals surface area contributed by atoms with E-state index in [9.17, 15) is 0 Å². The van der Waals surface area contributed by atoms with Gasteiger partial charge in [0.05, 0.1) is 0 Å². The predicted molar refractivity (Wildman–Crippen MR) is 43.3 cm³/mol. The first kappa shape index (κ1) is 8.74. The molecule has 0 N–H and O–H groups in total. The van der Waals surface area contributed by atoms with E-state index in [1.165, 1.54) is 24.8 Å². The summed E-state index contributed by atoms with van der Waals surface area (Å²) >= 11 is 0. The van der Waals surface area contributed by atoms with Crippen LogP contribution in [0.1, 0.15) is 40.0 Å². The van der Waals surface area contributed by atoms with Crippen molar-refractivity contribution in [1.82, 2.24) is 0 Å². The van der Waals surface area contributed by atoms with Crippen molar-refractivity contribution in [2.24, 2.45) is 0 Å². The lowest BCUT2D eigenvalue weighted by Gasteiger charge is -1.99. The number of hydrogen-bond acceptors (Lipinski definition) is 0. The second-order valence-corrected chi connectivity index (χ2v) is 2.26. The summed E-state index contributed by atoms with van der Waals surface area (Å²) in [6, 6.07) is 0. The second-order valence-electron chi connectivity index (χ2n) is 2.26. The zero-order chi connectivity index (χ0) is 7.11. The minimum atomic E-state index is 1.25. The van der Waals surface area contributed by atoms with Gasteiger partial charge in [0.1, 0.15) is 0 Å². The van der Waals surface area contributed by atoms with Gasteiger partial charge in [-0.3, -0.25) is 0 Å². The van der Waals surface area contributed by atoms with E-state index >= 15 is 0 Å². The number of hydrogen-bond donors (Lipinski definition) is 0. The summed E-state index contributed by atoms with van der Waals surface area (Å²) in [5.74, 6) is 0. The summed E-state index contributed by atoms with van der Waals surface area (Å²) in [6.45, 7) is 6.43. The van der Waals surface area contributed by atoms with E-state index in [2.05, 4.69) is 33.3 Å². The lowest BCUT2D eigenvalue weighted by Crippen LogP contribution is -1.80. The van der Waals surface area contributed by atoms with Gasteiger partial charge in [-0.1, -0.05) is 31.9 Å². The molecule has 0 amide bonds. The topological polar surface area (TPSA) is 0 Å². The molecular formula is C9H17. The highest BCUT2D eigenvalue weighted by molar-refractivity contribution is 5.09. The molecule has 0 nitrogen and oxygen atoms in total. The van der Waals surface area contributed by atoms with Crippen LogP contribution in [0.3, 0.4) is 0 Å². The molecule has 0 saturated carbocycles. The van der Waals surface area contributed by atoms with Crippen LogP contribution in [0, 0.1) is 6.42 Å². The summed E-state index contributed by atoms with van der Waals surface area (Å²) in [5.41, 5.74) is 1.48. The van der Waals surface area contributed by atoms with Gasteiger partial charge in [-0.15, -0.1) is 0 Å². The molecule has 0 atom stereocenters. The molecule has 0 bridgehead atoms. The third-order valence-electron chi connectivity index (χ3n) is 1.56. The molecule has 0 spiro atoms. The zero-order valence-electron chi connectivity index (χ0n) is 6.78. The van der Waals surface area contributed by atoms with Crippen LogP contribution in [0.4, 0.5) is 0 Å². The van der Waals surface area contributed by atoms with Crippen molar-refractivity contribution in [2.45, 2.75) is 40.0 Å². The minimum absolute atomic E-state index is 1.25.